The molecule has 1 amide bonds. The average molecular weight is 357 g/mol. The van der Waals surface area contributed by atoms with Gasteiger partial charge in [-0.15, -0.1) is 26.6 Å². The molecule has 1 aromatic carbocycles. The molecule has 0 aliphatic rings. The Balaban J connectivity index is 1.64. The summed E-state index contributed by atoms with van der Waals surface area (Å²) in [6, 6.07) is 10.9. The number of aromatic nitrogens is 4. The predicted molar refractivity (Wildman–Crippen MR) is 92.9 cm³/mol. The minimum atomic E-state index is -0.282. The van der Waals surface area contributed by atoms with Crippen LogP contribution in [0.2, 0.25) is 0 Å². The van der Waals surface area contributed by atoms with Crippen molar-refractivity contribution in [2.45, 2.75) is 0 Å². The van der Waals surface area contributed by atoms with E-state index >= 15 is 0 Å². The quantitative estimate of drug-likeness (QED) is 0.607. The number of anilines is 1. The number of rotatable bonds is 4. The van der Waals surface area contributed by atoms with E-state index in [4.69, 9.17) is 4.74 Å². The second-order valence-electron chi connectivity index (χ2n) is 4.76. The van der Waals surface area contributed by atoms with Gasteiger partial charge < -0.3 is 4.74 Å². The lowest BCUT2D eigenvalue weighted by molar-refractivity contribution is 0.102. The van der Waals surface area contributed by atoms with Crippen LogP contribution in [0.4, 0.5) is 5.13 Å². The van der Waals surface area contributed by atoms with Gasteiger partial charge in [-0.05, 0) is 23.6 Å². The third-order valence-electron chi connectivity index (χ3n) is 3.30. The van der Waals surface area contributed by atoms with Crippen LogP contribution in [0.3, 0.4) is 0 Å². The number of benzene rings is 1. The smallest absolute Gasteiger partial charge is 0.261 e. The van der Waals surface area contributed by atoms with E-state index < -0.39 is 0 Å². The molecular weight excluding hydrogens is 346 g/mol. The molecule has 9 heteroatoms. The van der Waals surface area contributed by atoms with Gasteiger partial charge in [0.05, 0.1) is 17.6 Å². The molecule has 4 aromatic rings. The van der Waals surface area contributed by atoms with Gasteiger partial charge in [-0.25, -0.2) is 0 Å². The van der Waals surface area contributed by atoms with Gasteiger partial charge in [0, 0.05) is 0 Å². The van der Waals surface area contributed by atoms with E-state index in [1.54, 1.807) is 34.1 Å². The molecule has 120 valence electrons. The van der Waals surface area contributed by atoms with Gasteiger partial charge in [0.1, 0.15) is 5.75 Å². The molecule has 0 unspecified atom stereocenters. The Hall–Kier alpha value is -2.78. The zero-order chi connectivity index (χ0) is 16.5. The standard InChI is InChI=1S/C15H11N5O2S2/c1-22-10-6-3-2-5-9(10)13(21)16-14-19-20-12(11-7-4-8-23-11)17-18-15(20)24-14/h2-8H,1H3,(H,16,19,21). The minimum absolute atomic E-state index is 0.282. The molecular formula is C15H11N5O2S2. The van der Waals surface area contributed by atoms with Crippen LogP contribution in [0.5, 0.6) is 5.75 Å². The van der Waals surface area contributed by atoms with Crippen LogP contribution >= 0.6 is 22.7 Å². The van der Waals surface area contributed by atoms with Crippen molar-refractivity contribution in [3.63, 3.8) is 0 Å². The van der Waals surface area contributed by atoms with Crippen molar-refractivity contribution in [3.05, 3.63) is 47.3 Å². The molecule has 0 aliphatic carbocycles. The number of hydrogen-bond acceptors (Lipinski definition) is 7. The molecule has 4 rings (SSSR count). The van der Waals surface area contributed by atoms with E-state index in [0.717, 1.165) is 4.88 Å². The van der Waals surface area contributed by atoms with Gasteiger partial charge in [0.25, 0.3) is 5.91 Å². The fourth-order valence-corrected chi connectivity index (χ4v) is 3.65. The van der Waals surface area contributed by atoms with Gasteiger partial charge in [0.2, 0.25) is 10.1 Å². The van der Waals surface area contributed by atoms with Gasteiger partial charge in [0.15, 0.2) is 5.82 Å². The highest BCUT2D eigenvalue weighted by Gasteiger charge is 2.17. The molecule has 1 N–H and O–H groups in total. The molecule has 0 fully saturated rings. The molecule has 0 saturated carbocycles. The Morgan fingerprint density at radius 3 is 2.88 bits per heavy atom. The van der Waals surface area contributed by atoms with Crippen LogP contribution in [0.25, 0.3) is 15.7 Å². The number of amides is 1. The Morgan fingerprint density at radius 2 is 2.08 bits per heavy atom. The molecule has 0 aliphatic heterocycles. The van der Waals surface area contributed by atoms with Crippen LogP contribution in [0.1, 0.15) is 10.4 Å². The number of methoxy groups -OCH3 is 1. The van der Waals surface area contributed by atoms with Crippen LogP contribution in [-0.2, 0) is 0 Å². The first-order valence-electron chi connectivity index (χ1n) is 6.97. The lowest BCUT2D eigenvalue weighted by Crippen LogP contribution is -2.13. The van der Waals surface area contributed by atoms with Crippen LogP contribution in [-0.4, -0.2) is 32.8 Å². The first-order valence-corrected chi connectivity index (χ1v) is 8.66. The normalized spacial score (nSPS) is 10.9. The molecule has 0 atom stereocenters. The van der Waals surface area contributed by atoms with E-state index in [1.807, 2.05) is 23.6 Å². The molecule has 0 radical (unpaired) electrons. The third-order valence-corrected chi connectivity index (χ3v) is 4.98. The topological polar surface area (TPSA) is 81.4 Å². The molecule has 0 bridgehead atoms. The summed E-state index contributed by atoms with van der Waals surface area (Å²) in [6.45, 7) is 0. The summed E-state index contributed by atoms with van der Waals surface area (Å²) in [5, 5.41) is 17.8. The van der Waals surface area contributed by atoms with Crippen LogP contribution < -0.4 is 10.1 Å². The second-order valence-corrected chi connectivity index (χ2v) is 6.66. The van der Waals surface area contributed by atoms with Crippen LogP contribution in [0.15, 0.2) is 41.8 Å². The Bertz CT molecular complexity index is 1010. The zero-order valence-corrected chi connectivity index (χ0v) is 14.1. The lowest BCUT2D eigenvalue weighted by atomic mass is 10.2. The summed E-state index contributed by atoms with van der Waals surface area (Å²) < 4.78 is 6.85. The average Bonchev–Trinajstić information content (AvgIpc) is 3.31. The predicted octanol–water partition coefficient (Wildman–Crippen LogP) is 3.18. The van der Waals surface area contributed by atoms with Gasteiger partial charge in [-0.2, -0.15) is 4.52 Å². The molecule has 3 heterocycles. The first kappa shape index (κ1) is 14.8. The Morgan fingerprint density at radius 1 is 1.21 bits per heavy atom. The number of para-hydroxylation sites is 1. The Labute approximate surface area is 144 Å². The summed E-state index contributed by atoms with van der Waals surface area (Å²) in [6.07, 6.45) is 0. The van der Waals surface area contributed by atoms with Crippen molar-refractivity contribution in [3.8, 4) is 16.5 Å². The van der Waals surface area contributed by atoms with Crippen molar-refractivity contribution in [2.75, 3.05) is 12.4 Å². The lowest BCUT2D eigenvalue weighted by Gasteiger charge is -2.06. The number of fused-ring (bicyclic) bond motifs is 1. The first-order chi connectivity index (χ1) is 11.8. The van der Waals surface area contributed by atoms with Gasteiger partial charge >= 0.3 is 0 Å². The molecule has 0 saturated heterocycles. The maximum Gasteiger partial charge on any atom is 0.261 e. The maximum absolute atomic E-state index is 12.4. The fraction of sp³-hybridized carbons (Fsp3) is 0.0667. The van der Waals surface area contributed by atoms with Gasteiger partial charge in [-0.3, -0.25) is 10.1 Å². The van der Waals surface area contributed by atoms with Gasteiger partial charge in [-0.1, -0.05) is 29.5 Å². The zero-order valence-electron chi connectivity index (χ0n) is 12.5. The molecule has 3 aromatic heterocycles. The molecule has 7 nitrogen and oxygen atoms in total. The van der Waals surface area contributed by atoms with Crippen molar-refractivity contribution in [2.24, 2.45) is 0 Å². The number of hydrogen-bond donors (Lipinski definition) is 1. The second kappa shape index (κ2) is 6.02. The number of carbonyl (C=O) groups is 1. The summed E-state index contributed by atoms with van der Waals surface area (Å²) in [5.41, 5.74) is 0.449. The highest BCUT2D eigenvalue weighted by molar-refractivity contribution is 7.20. The number of nitrogens with zero attached hydrogens (tertiary/aromatic N) is 4. The Kier molecular flexibility index (Phi) is 3.71. The van der Waals surface area contributed by atoms with E-state index in [9.17, 15) is 4.79 Å². The summed E-state index contributed by atoms with van der Waals surface area (Å²) in [7, 11) is 1.53. The molecule has 0 spiro atoms. The minimum Gasteiger partial charge on any atom is -0.496 e. The summed E-state index contributed by atoms with van der Waals surface area (Å²) in [5.74, 6) is 0.890. The fourth-order valence-electron chi connectivity index (χ4n) is 2.22. The SMILES string of the molecule is COc1ccccc1C(=O)Nc1nn2c(-c3cccs3)nnc2s1. The highest BCUT2D eigenvalue weighted by Crippen LogP contribution is 2.27. The van der Waals surface area contributed by atoms with Crippen molar-refractivity contribution in [1.82, 2.24) is 19.8 Å². The van der Waals surface area contributed by atoms with Crippen molar-refractivity contribution in [1.29, 1.82) is 0 Å². The van der Waals surface area contributed by atoms with E-state index in [0.29, 0.717) is 27.2 Å². The summed E-state index contributed by atoms with van der Waals surface area (Å²) >= 11 is 2.82. The largest absolute Gasteiger partial charge is 0.496 e. The van der Waals surface area contributed by atoms with Crippen LogP contribution in [0, 0.1) is 0 Å². The maximum atomic E-state index is 12.4. The van der Waals surface area contributed by atoms with E-state index in [-0.39, 0.29) is 5.91 Å². The number of ether oxygens (including phenoxy) is 1. The van der Waals surface area contributed by atoms with E-state index in [2.05, 4.69) is 20.6 Å². The number of carbonyl (C=O) groups excluding carboxylic acids is 1. The van der Waals surface area contributed by atoms with Crippen molar-refractivity contribution >= 4 is 38.7 Å². The number of thiophene rings is 1. The monoisotopic (exact) mass is 357 g/mol. The van der Waals surface area contributed by atoms with Crippen molar-refractivity contribution < 1.29 is 9.53 Å². The number of nitrogens with one attached hydrogen (secondary N) is 1. The summed E-state index contributed by atoms with van der Waals surface area (Å²) in [4.78, 5) is 14.0. The highest BCUT2D eigenvalue weighted by atomic mass is 32.1. The third kappa shape index (κ3) is 2.53. The van der Waals surface area contributed by atoms with E-state index in [1.165, 1.54) is 18.4 Å². The molecule has 24 heavy (non-hydrogen) atoms.